The van der Waals surface area contributed by atoms with Crippen LogP contribution in [0.5, 0.6) is 5.88 Å². The van der Waals surface area contributed by atoms with Crippen LogP contribution in [0.15, 0.2) is 66.9 Å². The molecule has 0 radical (unpaired) electrons. The maximum Gasteiger partial charge on any atom is 0.335 e. The van der Waals surface area contributed by atoms with Crippen molar-refractivity contribution in [3.63, 3.8) is 0 Å². The molecule has 0 aliphatic rings. The lowest BCUT2D eigenvalue weighted by atomic mass is 10.0. The number of rotatable bonds is 11. The molecule has 0 aliphatic heterocycles. The zero-order chi connectivity index (χ0) is 29.8. The minimum atomic E-state index is -1.10. The number of fused-ring (bicyclic) bond motifs is 1. The second-order valence-electron chi connectivity index (χ2n) is 9.47. The molecule has 0 saturated carbocycles. The number of halogens is 4. The first kappa shape index (κ1) is 29.1. The van der Waals surface area contributed by atoms with Gasteiger partial charge in [-0.05, 0) is 65.7 Å². The van der Waals surface area contributed by atoms with Gasteiger partial charge in [-0.25, -0.2) is 27.9 Å². The topological polar surface area (TPSA) is 86.5 Å². The lowest BCUT2D eigenvalue weighted by Crippen LogP contribution is -2.11. The smallest absolute Gasteiger partial charge is 0.335 e. The van der Waals surface area contributed by atoms with Gasteiger partial charge in [0.05, 0.1) is 29.8 Å². The molecule has 5 rings (SSSR count). The van der Waals surface area contributed by atoms with E-state index >= 15 is 8.78 Å². The fourth-order valence-electron chi connectivity index (χ4n) is 4.67. The number of aromatic carboxylic acids is 1. The van der Waals surface area contributed by atoms with Gasteiger partial charge in [0.2, 0.25) is 5.88 Å². The number of aromatic nitrogens is 3. The summed E-state index contributed by atoms with van der Waals surface area (Å²) in [4.78, 5) is 20.2. The van der Waals surface area contributed by atoms with Gasteiger partial charge in [-0.1, -0.05) is 17.7 Å². The number of carbonyl (C=O) groups is 1. The van der Waals surface area contributed by atoms with Crippen LogP contribution in [0.1, 0.15) is 27.3 Å². The van der Waals surface area contributed by atoms with E-state index in [1.54, 1.807) is 34.9 Å². The molecule has 0 bridgehead atoms. The van der Waals surface area contributed by atoms with Crippen LogP contribution >= 0.6 is 11.6 Å². The highest BCUT2D eigenvalue weighted by atomic mass is 35.5. The monoisotopic (exact) mass is 595 g/mol. The Kier molecular flexibility index (Phi) is 8.75. The number of hydrogen-bond acceptors (Lipinski definition) is 5. The van der Waals surface area contributed by atoms with E-state index in [1.807, 2.05) is 0 Å². The van der Waals surface area contributed by atoms with Gasteiger partial charge in [-0.2, -0.15) is 0 Å². The van der Waals surface area contributed by atoms with Crippen LogP contribution in [0.3, 0.4) is 0 Å². The SMILES string of the molecule is COCCn1c(Cc2c(F)cc(-c3cccnc3OCCc3ccc(Cl)cc3F)cc2F)nc2ccc(C(=O)O)cc21. The minimum Gasteiger partial charge on any atom is -0.478 e. The number of benzene rings is 3. The van der Waals surface area contributed by atoms with E-state index in [2.05, 4.69) is 9.97 Å². The lowest BCUT2D eigenvalue weighted by Gasteiger charge is -2.13. The molecule has 0 spiro atoms. The van der Waals surface area contributed by atoms with Crippen molar-refractivity contribution in [1.29, 1.82) is 0 Å². The molecule has 42 heavy (non-hydrogen) atoms. The molecule has 0 saturated heterocycles. The number of pyridine rings is 1. The molecule has 7 nitrogen and oxygen atoms in total. The van der Waals surface area contributed by atoms with Crippen molar-refractivity contribution < 1.29 is 32.5 Å². The zero-order valence-electron chi connectivity index (χ0n) is 22.4. The zero-order valence-corrected chi connectivity index (χ0v) is 23.2. The Morgan fingerprint density at radius 2 is 1.79 bits per heavy atom. The van der Waals surface area contributed by atoms with Gasteiger partial charge in [0.15, 0.2) is 0 Å². The third kappa shape index (κ3) is 6.24. The normalized spacial score (nSPS) is 11.3. The average Bonchev–Trinajstić information content (AvgIpc) is 3.31. The van der Waals surface area contributed by atoms with Crippen LogP contribution in [0.4, 0.5) is 13.2 Å². The summed E-state index contributed by atoms with van der Waals surface area (Å²) >= 11 is 5.81. The van der Waals surface area contributed by atoms with Crippen molar-refractivity contribution in [1.82, 2.24) is 14.5 Å². The summed E-state index contributed by atoms with van der Waals surface area (Å²) < 4.78 is 57.7. The molecule has 1 N–H and O–H groups in total. The van der Waals surface area contributed by atoms with Crippen molar-refractivity contribution in [2.75, 3.05) is 20.3 Å². The van der Waals surface area contributed by atoms with Crippen molar-refractivity contribution >= 4 is 28.6 Å². The van der Waals surface area contributed by atoms with E-state index in [4.69, 9.17) is 21.1 Å². The van der Waals surface area contributed by atoms with E-state index in [-0.39, 0.29) is 53.6 Å². The van der Waals surface area contributed by atoms with E-state index in [9.17, 15) is 14.3 Å². The number of hydrogen-bond donors (Lipinski definition) is 1. The van der Waals surface area contributed by atoms with Crippen molar-refractivity contribution in [2.45, 2.75) is 19.4 Å². The second kappa shape index (κ2) is 12.6. The molecule has 11 heteroatoms. The number of imidazole rings is 1. The molecule has 0 fully saturated rings. The van der Waals surface area contributed by atoms with Gasteiger partial charge in [-0.15, -0.1) is 0 Å². The first-order chi connectivity index (χ1) is 20.2. The Bertz CT molecular complexity index is 1750. The molecule has 3 aromatic carbocycles. The summed E-state index contributed by atoms with van der Waals surface area (Å²) in [7, 11) is 1.52. The van der Waals surface area contributed by atoms with Crippen LogP contribution in [-0.2, 0) is 24.1 Å². The van der Waals surface area contributed by atoms with Crippen molar-refractivity contribution in [2.24, 2.45) is 0 Å². The molecule has 2 aromatic heterocycles. The first-order valence-electron chi connectivity index (χ1n) is 13.0. The Balaban J connectivity index is 1.41. The highest BCUT2D eigenvalue weighted by Gasteiger charge is 2.20. The molecular weight excluding hydrogens is 571 g/mol. The van der Waals surface area contributed by atoms with Crippen LogP contribution in [0, 0.1) is 17.5 Å². The maximum absolute atomic E-state index is 15.5. The summed E-state index contributed by atoms with van der Waals surface area (Å²) in [5.74, 6) is -2.63. The minimum absolute atomic E-state index is 0.0714. The van der Waals surface area contributed by atoms with Crippen molar-refractivity contribution in [3.05, 3.63) is 112 Å². The summed E-state index contributed by atoms with van der Waals surface area (Å²) in [6.45, 7) is 0.671. The molecule has 0 amide bonds. The predicted octanol–water partition coefficient (Wildman–Crippen LogP) is 6.73. The van der Waals surface area contributed by atoms with Crippen LogP contribution in [0.25, 0.3) is 22.2 Å². The van der Waals surface area contributed by atoms with Crippen LogP contribution < -0.4 is 4.74 Å². The fourth-order valence-corrected chi connectivity index (χ4v) is 4.82. The summed E-state index contributed by atoms with van der Waals surface area (Å²) in [6.07, 6.45) is 1.55. The van der Waals surface area contributed by atoms with Gasteiger partial charge < -0.3 is 19.1 Å². The molecule has 2 heterocycles. The molecule has 0 aliphatic carbocycles. The summed E-state index contributed by atoms with van der Waals surface area (Å²) in [5, 5.41) is 9.69. The third-order valence-electron chi connectivity index (χ3n) is 6.78. The number of carboxylic acids is 1. The molecule has 0 atom stereocenters. The van der Waals surface area contributed by atoms with E-state index < -0.39 is 23.4 Å². The van der Waals surface area contributed by atoms with E-state index in [0.717, 1.165) is 0 Å². The highest BCUT2D eigenvalue weighted by molar-refractivity contribution is 6.30. The van der Waals surface area contributed by atoms with Gasteiger partial charge >= 0.3 is 5.97 Å². The Morgan fingerprint density at radius 1 is 1.00 bits per heavy atom. The van der Waals surface area contributed by atoms with Gasteiger partial charge in [-0.3, -0.25) is 0 Å². The number of nitrogens with zero attached hydrogens (tertiary/aromatic N) is 3. The number of methoxy groups -OCH3 is 1. The Hall–Kier alpha value is -4.41. The van der Waals surface area contributed by atoms with E-state index in [1.165, 1.54) is 43.6 Å². The summed E-state index contributed by atoms with van der Waals surface area (Å²) in [6, 6.07) is 14.5. The van der Waals surface area contributed by atoms with Crippen LogP contribution in [-0.4, -0.2) is 45.9 Å². The van der Waals surface area contributed by atoms with Gasteiger partial charge in [0.25, 0.3) is 0 Å². The predicted molar refractivity (Wildman–Crippen MR) is 152 cm³/mol. The number of ether oxygens (including phenoxy) is 2. The molecule has 5 aromatic rings. The maximum atomic E-state index is 15.5. The van der Waals surface area contributed by atoms with E-state index in [0.29, 0.717) is 34.5 Å². The highest BCUT2D eigenvalue weighted by Crippen LogP contribution is 2.32. The summed E-state index contributed by atoms with van der Waals surface area (Å²) in [5.41, 5.74) is 1.89. The standard InChI is InChI=1S/C31H25ClF3N3O4/c1-41-12-10-38-28-15-19(31(39)40)5-7-27(28)37-29(38)17-23-25(34)13-20(14-26(23)35)22-3-2-9-36-30(22)42-11-8-18-4-6-21(32)16-24(18)33/h2-7,9,13-16H,8,10-12,17H2,1H3,(H,39,40). The van der Waals surface area contributed by atoms with Gasteiger partial charge in [0, 0.05) is 48.8 Å². The quantitative estimate of drug-likeness (QED) is 0.182. The molecule has 0 unspecified atom stereocenters. The molecule has 216 valence electrons. The van der Waals surface area contributed by atoms with Crippen LogP contribution in [0.2, 0.25) is 5.02 Å². The van der Waals surface area contributed by atoms with Crippen molar-refractivity contribution in [3.8, 4) is 17.0 Å². The second-order valence-corrected chi connectivity index (χ2v) is 9.90. The Morgan fingerprint density at radius 3 is 2.50 bits per heavy atom. The third-order valence-corrected chi connectivity index (χ3v) is 7.01. The largest absolute Gasteiger partial charge is 0.478 e. The fraction of sp³-hybridized carbons (Fsp3) is 0.194. The first-order valence-corrected chi connectivity index (χ1v) is 13.3. The molecular formula is C31H25ClF3N3O4. The number of carboxylic acid groups (broad SMARTS) is 1. The average molecular weight is 596 g/mol. The van der Waals surface area contributed by atoms with Gasteiger partial charge in [0.1, 0.15) is 23.3 Å². The lowest BCUT2D eigenvalue weighted by molar-refractivity contribution is 0.0697. The Labute approximate surface area is 244 Å².